The Balaban J connectivity index is 1.42. The van der Waals surface area contributed by atoms with Crippen LogP contribution in [0.25, 0.3) is 0 Å². The molecule has 2 aliphatic heterocycles. The third-order valence-corrected chi connectivity index (χ3v) is 15.1. The van der Waals surface area contributed by atoms with Gasteiger partial charge in [-0.2, -0.15) is 38.6 Å². The van der Waals surface area contributed by atoms with E-state index in [0.717, 1.165) is 12.8 Å². The molecule has 2 heterocycles. The summed E-state index contributed by atoms with van der Waals surface area (Å²) in [5.74, 6) is -10.2. The fourth-order valence-corrected chi connectivity index (χ4v) is 10.3. The van der Waals surface area contributed by atoms with Crippen molar-refractivity contribution in [2.45, 2.75) is 79.4 Å². The van der Waals surface area contributed by atoms with Gasteiger partial charge in [0.15, 0.2) is 23.9 Å². The minimum absolute atomic E-state index is 0.00343. The maximum Gasteiger partial charge on any atom is 0.311 e. The largest absolute Gasteiger partial charge is 0.420 e. The summed E-state index contributed by atoms with van der Waals surface area (Å²) in [5.41, 5.74) is 2.23. The van der Waals surface area contributed by atoms with Gasteiger partial charge in [0.25, 0.3) is 30.4 Å². The van der Waals surface area contributed by atoms with Crippen molar-refractivity contribution in [3.05, 3.63) is 125 Å². The van der Waals surface area contributed by atoms with Crippen LogP contribution in [0, 0.1) is 23.3 Å². The maximum absolute atomic E-state index is 14.1. The molecule has 0 saturated carbocycles. The number of fused-ring (bicyclic) bond motifs is 2. The van der Waals surface area contributed by atoms with Gasteiger partial charge in [0, 0.05) is 74.4 Å². The molecule has 0 radical (unpaired) electrons. The third kappa shape index (κ3) is 12.8. The Morgan fingerprint density at radius 3 is 2.01 bits per heavy atom. The quantitative estimate of drug-likeness (QED) is 0.0100. The van der Waals surface area contributed by atoms with Crippen molar-refractivity contribution >= 4 is 53.4 Å². The highest BCUT2D eigenvalue weighted by Crippen LogP contribution is 2.51. The Labute approximate surface area is 400 Å². The minimum Gasteiger partial charge on any atom is -0.420 e. The zero-order valence-electron chi connectivity index (χ0n) is 38.6. The lowest BCUT2D eigenvalue weighted by Crippen LogP contribution is -2.32. The van der Waals surface area contributed by atoms with Gasteiger partial charge in [-0.05, 0) is 87.9 Å². The summed E-state index contributed by atoms with van der Waals surface area (Å²) in [5, 5.41) is 0. The van der Waals surface area contributed by atoms with E-state index in [0.29, 0.717) is 67.2 Å². The molecule has 0 spiro atoms. The van der Waals surface area contributed by atoms with Crippen LogP contribution >= 0.6 is 0 Å². The number of allylic oxidation sites excluding steroid dienone is 8. The Morgan fingerprint density at radius 2 is 1.38 bits per heavy atom. The van der Waals surface area contributed by atoms with Gasteiger partial charge in [0.05, 0.1) is 28.1 Å². The molecule has 2 unspecified atom stereocenters. The summed E-state index contributed by atoms with van der Waals surface area (Å²) in [7, 11) is -8.86. The molecular formula is C47H55F4N2O13S3+. The van der Waals surface area contributed by atoms with Gasteiger partial charge in [0.1, 0.15) is 6.61 Å². The number of rotatable bonds is 24. The Morgan fingerprint density at radius 1 is 0.739 bits per heavy atom. The van der Waals surface area contributed by atoms with Crippen molar-refractivity contribution in [1.29, 1.82) is 0 Å². The van der Waals surface area contributed by atoms with Crippen LogP contribution in [0.3, 0.4) is 0 Å². The van der Waals surface area contributed by atoms with Crippen molar-refractivity contribution in [1.82, 2.24) is 0 Å². The van der Waals surface area contributed by atoms with Gasteiger partial charge in [-0.25, -0.2) is 8.78 Å². The van der Waals surface area contributed by atoms with Crippen LogP contribution < -0.4 is 9.64 Å². The Kier molecular flexibility index (Phi) is 18.1. The van der Waals surface area contributed by atoms with Crippen LogP contribution in [-0.4, -0.2) is 104 Å². The van der Waals surface area contributed by atoms with E-state index in [1.165, 1.54) is 38.5 Å². The third-order valence-electron chi connectivity index (χ3n) is 12.1. The highest BCUT2D eigenvalue weighted by Gasteiger charge is 2.48. The molecule has 3 aromatic rings. The first kappa shape index (κ1) is 54.9. The lowest BCUT2D eigenvalue weighted by molar-refractivity contribution is -0.441. The number of unbranched alkanes of at least 4 members (excludes halogenated alkanes) is 2. The second-order valence-corrected chi connectivity index (χ2v) is 21.4. The molecule has 0 bridgehead atoms. The number of nitrogens with zero attached hydrogens (tertiary/aromatic N) is 2. The van der Waals surface area contributed by atoms with E-state index < -0.39 is 81.9 Å². The second-order valence-electron chi connectivity index (χ2n) is 16.7. The molecule has 5 rings (SSSR count). The van der Waals surface area contributed by atoms with Crippen LogP contribution in [-0.2, 0) is 59.6 Å². The summed E-state index contributed by atoms with van der Waals surface area (Å²) in [6.07, 6.45) is 13.8. The first-order chi connectivity index (χ1) is 32.4. The molecule has 0 amide bonds. The number of esters is 1. The smallest absolute Gasteiger partial charge is 0.311 e. The topological polar surface area (TPSA) is 203 Å². The number of hydrogen-bond donors (Lipinski definition) is 2. The van der Waals surface area contributed by atoms with Crippen molar-refractivity contribution in [2.24, 2.45) is 0 Å². The predicted octanol–water partition coefficient (Wildman–Crippen LogP) is 8.03. The summed E-state index contributed by atoms with van der Waals surface area (Å²) < 4.78 is 171. The van der Waals surface area contributed by atoms with Gasteiger partial charge < -0.3 is 19.1 Å². The van der Waals surface area contributed by atoms with Gasteiger partial charge in [-0.15, -0.1) is 0 Å². The van der Waals surface area contributed by atoms with E-state index in [9.17, 15) is 56.7 Å². The number of carbonyl (C=O) groups excluding carboxylic acids is 1. The van der Waals surface area contributed by atoms with E-state index in [4.69, 9.17) is 13.7 Å². The molecule has 376 valence electrons. The molecular weight excluding hydrogens is 973 g/mol. The fourth-order valence-electron chi connectivity index (χ4n) is 8.59. The first-order valence-corrected chi connectivity index (χ1v) is 26.1. The van der Waals surface area contributed by atoms with E-state index >= 15 is 0 Å². The Hall–Kier alpha value is -5.07. The number of benzene rings is 3. The highest BCUT2D eigenvalue weighted by atomic mass is 32.2. The minimum atomic E-state index is -4.59. The van der Waals surface area contributed by atoms with Crippen LogP contribution in [0.2, 0.25) is 0 Å². The molecule has 22 heteroatoms. The SMILES string of the molecule is COCC[N+]1=C(C=CC=CC=CC=C2N(CCCCCC(=O)Oc3c(F)c(F)cc(F)c3F)c3ccc(S(=O)(=O)O)cc3C2(C)CCOC)C(C)(CCCS(=O)(=O)O)c2cc(S(=O)(=O)OC)ccc21. The number of methoxy groups -OCH3 is 2. The molecule has 15 nitrogen and oxygen atoms in total. The van der Waals surface area contributed by atoms with Gasteiger partial charge in [-0.3, -0.25) is 18.1 Å². The molecule has 2 aliphatic rings. The lowest BCUT2D eigenvalue weighted by atomic mass is 9.76. The average Bonchev–Trinajstić information content (AvgIpc) is 3.66. The number of halogens is 4. The maximum atomic E-state index is 14.1. The Bertz CT molecular complexity index is 2900. The molecule has 0 saturated heterocycles. The van der Waals surface area contributed by atoms with Gasteiger partial charge in [0.2, 0.25) is 23.1 Å². The lowest BCUT2D eigenvalue weighted by Gasteiger charge is -2.30. The number of anilines is 1. The molecule has 3 aromatic carbocycles. The zero-order valence-corrected chi connectivity index (χ0v) is 41.0. The standard InChI is InChI=1S/C47H54F4N2O13S3/c1-46(22-14-28-67(55,56)57)35-30-33(69(61,62)65-5)19-21-39(35)53(25-27-64-4)40(46)15-10-7-6-8-11-16-41-47(2,23-26-63-3)34-29-32(68(58,59)60)18-20-38(34)52(41)24-13-9-12-17-42(54)66-45-43(50)36(48)31-37(49)44(45)51/h6-8,10-11,15-16,18-21,29-31H,9,12-14,17,22-28H2,1-5H3,(H-,55,56,57,58,59,60)/p+1. The molecule has 0 aromatic heterocycles. The number of hydrogen-bond acceptors (Lipinski definition) is 12. The van der Waals surface area contributed by atoms with E-state index in [2.05, 4.69) is 4.74 Å². The van der Waals surface area contributed by atoms with Gasteiger partial charge >= 0.3 is 5.97 Å². The average molecular weight is 1030 g/mol. The summed E-state index contributed by atoms with van der Waals surface area (Å²) in [6, 6.07) is 8.87. The zero-order chi connectivity index (χ0) is 51.0. The van der Waals surface area contributed by atoms with E-state index in [1.54, 1.807) is 42.5 Å². The highest BCUT2D eigenvalue weighted by molar-refractivity contribution is 7.86. The van der Waals surface area contributed by atoms with E-state index in [1.807, 2.05) is 35.5 Å². The molecule has 0 fully saturated rings. The van der Waals surface area contributed by atoms with Crippen LogP contribution in [0.5, 0.6) is 5.75 Å². The summed E-state index contributed by atoms with van der Waals surface area (Å²) in [6.45, 7) is 5.05. The number of ether oxygens (including phenoxy) is 3. The molecule has 2 atom stereocenters. The van der Waals surface area contributed by atoms with Crippen LogP contribution in [0.1, 0.15) is 69.9 Å². The van der Waals surface area contributed by atoms with E-state index in [-0.39, 0.29) is 48.1 Å². The molecule has 69 heavy (non-hydrogen) atoms. The molecule has 0 aliphatic carbocycles. The summed E-state index contributed by atoms with van der Waals surface area (Å²) >= 11 is 0. The fraction of sp³-hybridized carbons (Fsp3) is 0.404. The van der Waals surface area contributed by atoms with Crippen molar-refractivity contribution in [3.8, 4) is 5.75 Å². The van der Waals surface area contributed by atoms with Crippen molar-refractivity contribution < 1.29 is 79.7 Å². The van der Waals surface area contributed by atoms with Crippen molar-refractivity contribution in [3.63, 3.8) is 0 Å². The second kappa shape index (κ2) is 22.8. The van der Waals surface area contributed by atoms with Crippen LogP contribution in [0.4, 0.5) is 28.9 Å². The summed E-state index contributed by atoms with van der Waals surface area (Å²) in [4.78, 5) is 14.0. The van der Waals surface area contributed by atoms with Crippen molar-refractivity contribution in [2.75, 3.05) is 58.3 Å². The molecule has 2 N–H and O–H groups in total. The van der Waals surface area contributed by atoms with Gasteiger partial charge in [-0.1, -0.05) is 36.8 Å². The predicted molar refractivity (Wildman–Crippen MR) is 249 cm³/mol. The normalized spacial score (nSPS) is 19.2. The first-order valence-electron chi connectivity index (χ1n) is 21.6. The van der Waals surface area contributed by atoms with Crippen LogP contribution in [0.15, 0.2) is 100 Å². The number of carbonyl (C=O) groups is 1. The monoisotopic (exact) mass is 1030 g/mol.